The Morgan fingerprint density at radius 2 is 2.02 bits per heavy atom. The first-order chi connectivity index (χ1) is 23.0. The van der Waals surface area contributed by atoms with Gasteiger partial charge in [0.05, 0.1) is 49.8 Å². The van der Waals surface area contributed by atoms with E-state index in [4.69, 9.17) is 31.8 Å². The minimum Gasteiger partial charge on any atom is -0.400 e. The standard InChI is InChI=1S/C33H43FN8O6/c1-19-7-22-24(13-41(37)12-21(36)11-40-5-3-20(4-6-40)16-48-18-38-31(45)10-35)25-14-42-29(32(25)39-28(22)9-27(19)34)8-23(30(44)15-43)26(17-47-2)33(42)46/h7-9,12,15,20,30,44H,3-6,10-11,13-14,16-18,35-37H2,1-2H3,(H,38,45)/b21-12-. The van der Waals surface area contributed by atoms with Crippen molar-refractivity contribution in [2.45, 2.75) is 45.6 Å². The largest absolute Gasteiger partial charge is 0.400 e. The molecule has 0 spiro atoms. The van der Waals surface area contributed by atoms with Crippen LogP contribution in [0, 0.1) is 18.7 Å². The molecule has 8 N–H and O–H groups in total. The van der Waals surface area contributed by atoms with Crippen LogP contribution in [-0.2, 0) is 38.8 Å². The molecular formula is C33H43FN8O6. The summed E-state index contributed by atoms with van der Waals surface area (Å²) in [5.41, 5.74) is 15.3. The Kier molecular flexibility index (Phi) is 11.2. The molecule has 4 heterocycles. The van der Waals surface area contributed by atoms with Gasteiger partial charge in [-0.3, -0.25) is 14.5 Å². The summed E-state index contributed by atoms with van der Waals surface area (Å²) in [6, 6.07) is 4.64. The number of aryl methyl sites for hydroxylation is 1. The Labute approximate surface area is 277 Å². The number of pyridine rings is 2. The van der Waals surface area contributed by atoms with Gasteiger partial charge in [-0.1, -0.05) is 0 Å². The fraction of sp³-hybridized carbons (Fsp3) is 0.455. The average molecular weight is 667 g/mol. The maximum Gasteiger partial charge on any atom is 0.257 e. The van der Waals surface area contributed by atoms with Crippen LogP contribution in [0.15, 0.2) is 34.9 Å². The number of aliphatic hydroxyl groups is 1. The first kappa shape index (κ1) is 35.1. The maximum atomic E-state index is 14.8. The molecule has 1 aromatic carbocycles. The number of piperidine rings is 1. The van der Waals surface area contributed by atoms with Gasteiger partial charge in [0, 0.05) is 53.7 Å². The van der Waals surface area contributed by atoms with E-state index >= 15 is 0 Å². The highest BCUT2D eigenvalue weighted by molar-refractivity contribution is 5.88. The number of carbonyl (C=O) groups excluding carboxylic acids is 2. The Bertz CT molecular complexity index is 1770. The number of aliphatic hydroxyl groups excluding tert-OH is 1. The number of fused-ring (bicyclic) bond motifs is 4. The Balaban J connectivity index is 1.36. The number of benzene rings is 1. The van der Waals surface area contributed by atoms with E-state index in [0.29, 0.717) is 58.9 Å². The normalized spacial score (nSPS) is 15.8. The molecule has 258 valence electrons. The number of nitrogens with one attached hydrogen (secondary N) is 1. The van der Waals surface area contributed by atoms with Gasteiger partial charge in [-0.15, -0.1) is 0 Å². The number of rotatable bonds is 14. The van der Waals surface area contributed by atoms with Crippen molar-refractivity contribution in [2.75, 3.05) is 46.6 Å². The topological polar surface area (TPSA) is 204 Å². The summed E-state index contributed by atoms with van der Waals surface area (Å²) in [5, 5.41) is 15.2. The monoisotopic (exact) mass is 666 g/mol. The number of halogens is 1. The molecule has 14 nitrogen and oxygen atoms in total. The van der Waals surface area contributed by atoms with Crippen molar-refractivity contribution >= 4 is 23.1 Å². The molecule has 15 heteroatoms. The van der Waals surface area contributed by atoms with Gasteiger partial charge in [-0.2, -0.15) is 0 Å². The molecular weight excluding hydrogens is 623 g/mol. The second-order valence-electron chi connectivity index (χ2n) is 12.3. The number of likely N-dealkylation sites (tertiary alicyclic amines) is 1. The van der Waals surface area contributed by atoms with E-state index in [0.717, 1.165) is 37.1 Å². The number of hydrazine groups is 1. The number of amides is 1. The summed E-state index contributed by atoms with van der Waals surface area (Å²) >= 11 is 0. The minimum atomic E-state index is -1.53. The number of carbonyl (C=O) groups is 2. The highest BCUT2D eigenvalue weighted by Crippen LogP contribution is 2.38. The number of ether oxygens (including phenoxy) is 2. The molecule has 1 unspecified atom stereocenters. The number of hydrogen-bond donors (Lipinski definition) is 5. The molecule has 0 aliphatic carbocycles. The van der Waals surface area contributed by atoms with Crippen LogP contribution in [0.1, 0.15) is 46.8 Å². The van der Waals surface area contributed by atoms with Crippen molar-refractivity contribution in [3.63, 3.8) is 0 Å². The third-order valence-corrected chi connectivity index (χ3v) is 8.91. The van der Waals surface area contributed by atoms with Crippen molar-refractivity contribution < 1.29 is 28.6 Å². The first-order valence-corrected chi connectivity index (χ1v) is 15.8. The maximum absolute atomic E-state index is 14.8. The molecule has 0 bridgehead atoms. The van der Waals surface area contributed by atoms with Gasteiger partial charge in [0.15, 0.2) is 6.29 Å². The van der Waals surface area contributed by atoms with Crippen LogP contribution in [-0.4, -0.2) is 83.4 Å². The lowest BCUT2D eigenvalue weighted by atomic mass is 9.97. The number of nitrogens with zero attached hydrogens (tertiary/aromatic N) is 4. The third kappa shape index (κ3) is 7.56. The number of aldehydes is 1. The van der Waals surface area contributed by atoms with E-state index in [2.05, 4.69) is 10.2 Å². The lowest BCUT2D eigenvalue weighted by Crippen LogP contribution is -2.39. The third-order valence-electron chi connectivity index (χ3n) is 8.91. The predicted molar refractivity (Wildman–Crippen MR) is 176 cm³/mol. The van der Waals surface area contributed by atoms with Crippen LogP contribution >= 0.6 is 0 Å². The highest BCUT2D eigenvalue weighted by atomic mass is 19.1. The molecule has 48 heavy (non-hydrogen) atoms. The molecule has 1 fully saturated rings. The summed E-state index contributed by atoms with van der Waals surface area (Å²) in [5.74, 6) is 6.22. The Morgan fingerprint density at radius 1 is 1.27 bits per heavy atom. The first-order valence-electron chi connectivity index (χ1n) is 15.8. The summed E-state index contributed by atoms with van der Waals surface area (Å²) in [6.45, 7) is 4.72. The van der Waals surface area contributed by atoms with Gasteiger partial charge < -0.3 is 45.7 Å². The smallest absolute Gasteiger partial charge is 0.257 e. The van der Waals surface area contributed by atoms with E-state index < -0.39 is 17.5 Å². The van der Waals surface area contributed by atoms with Crippen LogP contribution in [0.2, 0.25) is 0 Å². The number of nitrogens with two attached hydrogens (primary N) is 3. The van der Waals surface area contributed by atoms with E-state index in [1.54, 1.807) is 25.3 Å². The minimum absolute atomic E-state index is 0.0699. The summed E-state index contributed by atoms with van der Waals surface area (Å²) in [7, 11) is 1.43. The second-order valence-corrected chi connectivity index (χ2v) is 12.3. The van der Waals surface area contributed by atoms with Crippen molar-refractivity contribution in [1.82, 2.24) is 24.8 Å². The fourth-order valence-electron chi connectivity index (χ4n) is 6.39. The Morgan fingerprint density at radius 3 is 2.71 bits per heavy atom. The average Bonchev–Trinajstić information content (AvgIpc) is 3.43. The summed E-state index contributed by atoms with van der Waals surface area (Å²) < 4.78 is 27.1. The molecule has 1 atom stereocenters. The van der Waals surface area contributed by atoms with E-state index in [9.17, 15) is 23.9 Å². The molecule has 1 saturated heterocycles. The van der Waals surface area contributed by atoms with Crippen LogP contribution in [0.3, 0.4) is 0 Å². The van der Waals surface area contributed by atoms with E-state index in [1.165, 1.54) is 22.8 Å². The van der Waals surface area contributed by atoms with Gasteiger partial charge in [-0.05, 0) is 62.0 Å². The molecule has 2 aromatic heterocycles. The van der Waals surface area contributed by atoms with Crippen LogP contribution in [0.25, 0.3) is 22.3 Å². The zero-order valence-electron chi connectivity index (χ0n) is 27.2. The Hall–Kier alpha value is -4.25. The van der Waals surface area contributed by atoms with Gasteiger partial charge in [0.2, 0.25) is 5.91 Å². The quantitative estimate of drug-likeness (QED) is 0.0410. The number of aromatic nitrogens is 2. The number of methoxy groups -OCH3 is 1. The highest BCUT2D eigenvalue weighted by Gasteiger charge is 2.30. The van der Waals surface area contributed by atoms with Crippen LogP contribution < -0.4 is 28.2 Å². The van der Waals surface area contributed by atoms with Crippen molar-refractivity contribution in [1.29, 1.82) is 0 Å². The van der Waals surface area contributed by atoms with E-state index in [-0.39, 0.29) is 50.0 Å². The second kappa shape index (κ2) is 15.3. The molecule has 1 amide bonds. The van der Waals surface area contributed by atoms with Gasteiger partial charge in [0.25, 0.3) is 5.56 Å². The van der Waals surface area contributed by atoms with E-state index in [1.807, 2.05) is 0 Å². The van der Waals surface area contributed by atoms with Crippen molar-refractivity contribution in [3.05, 3.63) is 74.1 Å². The van der Waals surface area contributed by atoms with Gasteiger partial charge in [-0.25, -0.2) is 15.2 Å². The fourth-order valence-corrected chi connectivity index (χ4v) is 6.39. The molecule has 5 rings (SSSR count). The van der Waals surface area contributed by atoms with Gasteiger partial charge in [0.1, 0.15) is 18.7 Å². The van der Waals surface area contributed by atoms with Gasteiger partial charge >= 0.3 is 0 Å². The van der Waals surface area contributed by atoms with Crippen molar-refractivity contribution in [3.8, 4) is 11.4 Å². The van der Waals surface area contributed by atoms with Crippen LogP contribution in [0.4, 0.5) is 4.39 Å². The zero-order chi connectivity index (χ0) is 34.5. The molecule has 3 aromatic rings. The predicted octanol–water partition coefficient (Wildman–Crippen LogP) is 0.488. The molecule has 2 aliphatic heterocycles. The SMILES string of the molecule is COCc1c(C(O)C=O)cc2n(c1=O)Cc1c-2nc2cc(F)c(C)cc2c1CN(N)/C=C(\N)CN1CCC(COCNC(=O)CN)CC1. The zero-order valence-corrected chi connectivity index (χ0v) is 27.2. The molecule has 0 saturated carbocycles. The lowest BCUT2D eigenvalue weighted by Gasteiger charge is -2.32. The molecule has 0 radical (unpaired) electrons. The number of hydrogen-bond acceptors (Lipinski definition) is 12. The lowest BCUT2D eigenvalue weighted by molar-refractivity contribution is -0.121. The molecule has 2 aliphatic rings. The summed E-state index contributed by atoms with van der Waals surface area (Å²) in [6.07, 6.45) is 2.35. The summed E-state index contributed by atoms with van der Waals surface area (Å²) in [4.78, 5) is 43.4. The van der Waals surface area contributed by atoms with Crippen molar-refractivity contribution in [2.24, 2.45) is 23.2 Å². The van der Waals surface area contributed by atoms with Crippen LogP contribution in [0.5, 0.6) is 0 Å².